The van der Waals surface area contributed by atoms with E-state index < -0.39 is 0 Å². The summed E-state index contributed by atoms with van der Waals surface area (Å²) in [7, 11) is 0. The first kappa shape index (κ1) is 12.9. The van der Waals surface area contributed by atoms with Crippen LogP contribution in [0.3, 0.4) is 0 Å². The molecule has 94 valence electrons. The van der Waals surface area contributed by atoms with Gasteiger partial charge < -0.3 is 5.73 Å². The lowest BCUT2D eigenvalue weighted by Gasteiger charge is -2.34. The van der Waals surface area contributed by atoms with Gasteiger partial charge in [0.25, 0.3) is 0 Å². The van der Waals surface area contributed by atoms with E-state index in [2.05, 4.69) is 31.0 Å². The Balaban J connectivity index is 1.95. The smallest absolute Gasteiger partial charge is 0.0962 e. The van der Waals surface area contributed by atoms with E-state index in [1.807, 2.05) is 18.0 Å². The number of pyridine rings is 1. The Morgan fingerprint density at radius 2 is 2.29 bits per heavy atom. The number of nitrogens with two attached hydrogens (primary N) is 1. The predicted molar refractivity (Wildman–Crippen MR) is 74.0 cm³/mol. The van der Waals surface area contributed by atoms with E-state index in [1.165, 1.54) is 25.7 Å². The van der Waals surface area contributed by atoms with Crippen molar-refractivity contribution in [1.29, 1.82) is 0 Å². The molecule has 1 atom stereocenters. The Bertz CT molecular complexity index is 359. The maximum Gasteiger partial charge on any atom is 0.0962 e. The molecule has 1 aliphatic carbocycles. The molecule has 0 radical (unpaired) electrons. The molecule has 3 heteroatoms. The Morgan fingerprint density at radius 3 is 2.88 bits per heavy atom. The van der Waals surface area contributed by atoms with Crippen LogP contribution in [0.2, 0.25) is 0 Å². The second-order valence-electron chi connectivity index (χ2n) is 5.71. The highest BCUT2D eigenvalue weighted by atomic mass is 32.2. The molecule has 17 heavy (non-hydrogen) atoms. The summed E-state index contributed by atoms with van der Waals surface area (Å²) in [4.78, 5) is 4.47. The minimum absolute atomic E-state index is 0.507. The van der Waals surface area contributed by atoms with Gasteiger partial charge in [0.1, 0.15) is 0 Å². The molecule has 1 fully saturated rings. The Labute approximate surface area is 108 Å². The average molecular weight is 250 g/mol. The van der Waals surface area contributed by atoms with Gasteiger partial charge >= 0.3 is 0 Å². The standard InChI is InChI=1S/C14H22N2S/c1-14(2)7-3-4-12(8-14)17-13-6-5-11(9-15)10-16-13/h5-6,10,12H,3-4,7-9,15H2,1-2H3. The van der Waals surface area contributed by atoms with E-state index in [0.717, 1.165) is 15.8 Å². The van der Waals surface area contributed by atoms with Crippen molar-refractivity contribution >= 4 is 11.8 Å². The van der Waals surface area contributed by atoms with E-state index in [1.54, 1.807) is 0 Å². The van der Waals surface area contributed by atoms with Gasteiger partial charge in [0, 0.05) is 18.0 Å². The lowest BCUT2D eigenvalue weighted by molar-refractivity contribution is 0.251. The molecule has 0 amide bonds. The molecule has 0 saturated heterocycles. The summed E-state index contributed by atoms with van der Waals surface area (Å²) in [6, 6.07) is 4.19. The number of aromatic nitrogens is 1. The van der Waals surface area contributed by atoms with E-state index in [9.17, 15) is 0 Å². The maximum atomic E-state index is 5.57. The number of hydrogen-bond acceptors (Lipinski definition) is 3. The minimum Gasteiger partial charge on any atom is -0.326 e. The average Bonchev–Trinajstić information content (AvgIpc) is 2.29. The van der Waals surface area contributed by atoms with Crippen LogP contribution in [-0.4, -0.2) is 10.2 Å². The van der Waals surface area contributed by atoms with Gasteiger partial charge in [-0.15, -0.1) is 11.8 Å². The lowest BCUT2D eigenvalue weighted by Crippen LogP contribution is -2.24. The first-order chi connectivity index (χ1) is 8.09. The van der Waals surface area contributed by atoms with Gasteiger partial charge in [0.05, 0.1) is 5.03 Å². The van der Waals surface area contributed by atoms with Crippen molar-refractivity contribution in [3.8, 4) is 0 Å². The van der Waals surface area contributed by atoms with E-state index >= 15 is 0 Å². The molecule has 1 aliphatic rings. The summed E-state index contributed by atoms with van der Waals surface area (Å²) in [5, 5.41) is 1.87. The SMILES string of the molecule is CC1(C)CCCC(Sc2ccc(CN)cn2)C1. The molecule has 0 spiro atoms. The highest BCUT2D eigenvalue weighted by molar-refractivity contribution is 7.99. The van der Waals surface area contributed by atoms with Gasteiger partial charge in [-0.25, -0.2) is 4.98 Å². The largest absolute Gasteiger partial charge is 0.326 e. The minimum atomic E-state index is 0.507. The van der Waals surface area contributed by atoms with Gasteiger partial charge in [-0.2, -0.15) is 0 Å². The lowest BCUT2D eigenvalue weighted by atomic mass is 9.77. The first-order valence-electron chi connectivity index (χ1n) is 6.41. The zero-order valence-corrected chi connectivity index (χ0v) is 11.6. The molecular weight excluding hydrogens is 228 g/mol. The number of hydrogen-bond donors (Lipinski definition) is 1. The molecule has 1 unspecified atom stereocenters. The summed E-state index contributed by atoms with van der Waals surface area (Å²) < 4.78 is 0. The zero-order valence-electron chi connectivity index (χ0n) is 10.8. The van der Waals surface area contributed by atoms with Crippen molar-refractivity contribution in [2.45, 2.75) is 56.4 Å². The van der Waals surface area contributed by atoms with E-state index in [-0.39, 0.29) is 0 Å². The number of thioether (sulfide) groups is 1. The highest BCUT2D eigenvalue weighted by Gasteiger charge is 2.28. The van der Waals surface area contributed by atoms with Crippen LogP contribution in [0.15, 0.2) is 23.4 Å². The van der Waals surface area contributed by atoms with Crippen molar-refractivity contribution < 1.29 is 0 Å². The highest BCUT2D eigenvalue weighted by Crippen LogP contribution is 2.41. The molecule has 1 aromatic rings. The van der Waals surface area contributed by atoms with Crippen LogP contribution in [0.25, 0.3) is 0 Å². The van der Waals surface area contributed by atoms with Gasteiger partial charge in [0.15, 0.2) is 0 Å². The van der Waals surface area contributed by atoms with Crippen molar-refractivity contribution in [3.63, 3.8) is 0 Å². The molecule has 0 aromatic carbocycles. The summed E-state index contributed by atoms with van der Waals surface area (Å²) in [6.45, 7) is 5.34. The quantitative estimate of drug-likeness (QED) is 0.891. The third-order valence-corrected chi connectivity index (χ3v) is 4.70. The Morgan fingerprint density at radius 1 is 1.47 bits per heavy atom. The van der Waals surface area contributed by atoms with E-state index in [0.29, 0.717) is 12.0 Å². The second kappa shape index (κ2) is 5.40. The van der Waals surface area contributed by atoms with Crippen LogP contribution in [0.5, 0.6) is 0 Å². The molecule has 0 bridgehead atoms. The molecule has 0 aliphatic heterocycles. The second-order valence-corrected chi connectivity index (χ2v) is 7.03. The van der Waals surface area contributed by atoms with Gasteiger partial charge in [-0.3, -0.25) is 0 Å². The normalized spacial score (nSPS) is 23.6. The van der Waals surface area contributed by atoms with Gasteiger partial charge in [0.2, 0.25) is 0 Å². The van der Waals surface area contributed by atoms with Crippen LogP contribution in [0.4, 0.5) is 0 Å². The molecule has 1 heterocycles. The fraction of sp³-hybridized carbons (Fsp3) is 0.643. The molecule has 1 saturated carbocycles. The summed E-state index contributed by atoms with van der Waals surface area (Å²) >= 11 is 1.93. The van der Waals surface area contributed by atoms with Crippen molar-refractivity contribution in [2.24, 2.45) is 11.1 Å². The molecule has 2 N–H and O–H groups in total. The zero-order chi connectivity index (χ0) is 12.3. The van der Waals surface area contributed by atoms with Gasteiger partial charge in [-0.1, -0.05) is 26.3 Å². The Hall–Kier alpha value is -0.540. The fourth-order valence-electron chi connectivity index (χ4n) is 2.50. The monoisotopic (exact) mass is 250 g/mol. The molecular formula is C14H22N2S. The third kappa shape index (κ3) is 3.71. The van der Waals surface area contributed by atoms with Crippen LogP contribution in [-0.2, 0) is 6.54 Å². The summed E-state index contributed by atoms with van der Waals surface area (Å²) in [6.07, 6.45) is 7.25. The van der Waals surface area contributed by atoms with Crippen LogP contribution >= 0.6 is 11.8 Å². The maximum absolute atomic E-state index is 5.57. The molecule has 2 rings (SSSR count). The summed E-state index contributed by atoms with van der Waals surface area (Å²) in [5.41, 5.74) is 7.19. The fourth-order valence-corrected chi connectivity index (χ4v) is 3.92. The van der Waals surface area contributed by atoms with Crippen LogP contribution in [0.1, 0.15) is 45.1 Å². The number of nitrogens with zero attached hydrogens (tertiary/aromatic N) is 1. The van der Waals surface area contributed by atoms with Crippen molar-refractivity contribution in [3.05, 3.63) is 23.9 Å². The van der Waals surface area contributed by atoms with Crippen molar-refractivity contribution in [1.82, 2.24) is 4.98 Å². The predicted octanol–water partition coefficient (Wildman–Crippen LogP) is 3.60. The third-order valence-electron chi connectivity index (χ3n) is 3.48. The Kier molecular flexibility index (Phi) is 4.10. The number of rotatable bonds is 3. The summed E-state index contributed by atoms with van der Waals surface area (Å²) in [5.74, 6) is 0. The van der Waals surface area contributed by atoms with Crippen LogP contribution < -0.4 is 5.73 Å². The topological polar surface area (TPSA) is 38.9 Å². The molecule has 2 nitrogen and oxygen atoms in total. The van der Waals surface area contributed by atoms with Crippen molar-refractivity contribution in [2.75, 3.05) is 0 Å². The van der Waals surface area contributed by atoms with E-state index in [4.69, 9.17) is 5.73 Å². The van der Waals surface area contributed by atoms with Crippen LogP contribution in [0, 0.1) is 5.41 Å². The van der Waals surface area contributed by atoms with Gasteiger partial charge in [-0.05, 0) is 36.3 Å². The molecule has 1 aromatic heterocycles. The first-order valence-corrected chi connectivity index (χ1v) is 7.29.